The maximum absolute atomic E-state index is 12.7. The highest BCUT2D eigenvalue weighted by atomic mass is 16.6. The molecule has 0 amide bonds. The van der Waals surface area contributed by atoms with Gasteiger partial charge in [-0.15, -0.1) is 0 Å². The molecule has 8 heteroatoms. The van der Waals surface area contributed by atoms with E-state index in [1.165, 1.54) is 13.0 Å². The van der Waals surface area contributed by atoms with Gasteiger partial charge >= 0.3 is 17.9 Å². The summed E-state index contributed by atoms with van der Waals surface area (Å²) in [5.41, 5.74) is 1.66. The van der Waals surface area contributed by atoms with Crippen LogP contribution < -0.4 is 0 Å². The van der Waals surface area contributed by atoms with E-state index in [9.17, 15) is 24.6 Å². The Bertz CT molecular complexity index is 804. The van der Waals surface area contributed by atoms with E-state index >= 15 is 0 Å². The van der Waals surface area contributed by atoms with Gasteiger partial charge in [-0.1, -0.05) is 18.2 Å². The van der Waals surface area contributed by atoms with Crippen molar-refractivity contribution in [3.05, 3.63) is 47.1 Å². The summed E-state index contributed by atoms with van der Waals surface area (Å²) in [4.78, 5) is 36.0. The Labute approximate surface area is 175 Å². The minimum atomic E-state index is -0.781. The molecule has 2 rings (SSSR count). The predicted molar refractivity (Wildman–Crippen MR) is 107 cm³/mol. The van der Waals surface area contributed by atoms with Crippen LogP contribution in [0, 0.1) is 5.92 Å². The van der Waals surface area contributed by atoms with Crippen molar-refractivity contribution in [2.24, 2.45) is 5.92 Å². The van der Waals surface area contributed by atoms with Crippen molar-refractivity contribution in [1.29, 1.82) is 0 Å². The molecule has 164 valence electrons. The number of carbonyl (C=O) groups is 3. The molecule has 30 heavy (non-hydrogen) atoms. The Kier molecular flexibility index (Phi) is 8.14. The van der Waals surface area contributed by atoms with Crippen LogP contribution in [0.2, 0.25) is 0 Å². The van der Waals surface area contributed by atoms with Crippen molar-refractivity contribution < 1.29 is 38.8 Å². The number of esters is 3. The highest BCUT2D eigenvalue weighted by molar-refractivity contribution is 5.92. The van der Waals surface area contributed by atoms with E-state index in [-0.39, 0.29) is 17.8 Å². The van der Waals surface area contributed by atoms with E-state index in [0.717, 1.165) is 5.57 Å². The average molecular weight is 420 g/mol. The first kappa shape index (κ1) is 23.6. The first-order chi connectivity index (χ1) is 14.1. The Hall–Kier alpha value is -2.71. The van der Waals surface area contributed by atoms with E-state index in [1.807, 2.05) is 13.0 Å². The molecule has 0 saturated carbocycles. The van der Waals surface area contributed by atoms with Crippen LogP contribution in [0.4, 0.5) is 0 Å². The van der Waals surface area contributed by atoms with Gasteiger partial charge in [0.2, 0.25) is 0 Å². The first-order valence-corrected chi connectivity index (χ1v) is 9.70. The minimum Gasteiger partial charge on any atom is -0.461 e. The van der Waals surface area contributed by atoms with Gasteiger partial charge in [-0.3, -0.25) is 4.79 Å². The largest absolute Gasteiger partial charge is 0.461 e. The smallest absolute Gasteiger partial charge is 0.337 e. The zero-order valence-electron chi connectivity index (χ0n) is 17.4. The van der Waals surface area contributed by atoms with Crippen molar-refractivity contribution in [3.8, 4) is 0 Å². The van der Waals surface area contributed by atoms with Gasteiger partial charge in [-0.2, -0.15) is 0 Å². The number of hydrogen-bond donors (Lipinski definition) is 2. The lowest BCUT2D eigenvalue weighted by atomic mass is 9.85. The van der Waals surface area contributed by atoms with Gasteiger partial charge in [0, 0.05) is 18.9 Å². The van der Waals surface area contributed by atoms with Crippen molar-refractivity contribution in [3.63, 3.8) is 0 Å². The number of hydrogen-bond acceptors (Lipinski definition) is 8. The molecule has 2 N–H and O–H groups in total. The average Bonchev–Trinajstić information content (AvgIpc) is 2.95. The second-order valence-electron chi connectivity index (χ2n) is 7.47. The molecule has 1 unspecified atom stereocenters. The van der Waals surface area contributed by atoms with Crippen LogP contribution in [-0.4, -0.2) is 59.6 Å². The molecule has 4 atom stereocenters. The quantitative estimate of drug-likeness (QED) is 0.297. The molecule has 1 aliphatic heterocycles. The van der Waals surface area contributed by atoms with Crippen LogP contribution in [0.3, 0.4) is 0 Å². The van der Waals surface area contributed by atoms with Gasteiger partial charge in [-0.25, -0.2) is 9.59 Å². The number of ether oxygens (including phenoxy) is 3. The molecule has 0 radical (unpaired) electrons. The lowest BCUT2D eigenvalue weighted by Gasteiger charge is -2.28. The highest BCUT2D eigenvalue weighted by Gasteiger charge is 2.44. The van der Waals surface area contributed by atoms with Crippen molar-refractivity contribution in [1.82, 2.24) is 0 Å². The Balaban J connectivity index is 2.35. The number of carbonyl (C=O) groups excluding carboxylic acids is 3. The van der Waals surface area contributed by atoms with Gasteiger partial charge < -0.3 is 24.4 Å². The van der Waals surface area contributed by atoms with E-state index in [1.54, 1.807) is 13.0 Å². The molecule has 1 fully saturated rings. The number of rotatable bonds is 5. The summed E-state index contributed by atoms with van der Waals surface area (Å²) in [6, 6.07) is 0. The second-order valence-corrected chi connectivity index (χ2v) is 7.47. The molecule has 1 saturated heterocycles. The Morgan fingerprint density at radius 2 is 2.07 bits per heavy atom. The molecule has 0 aromatic carbocycles. The monoisotopic (exact) mass is 420 g/mol. The summed E-state index contributed by atoms with van der Waals surface area (Å²) in [5, 5.41) is 19.5. The van der Waals surface area contributed by atoms with Gasteiger partial charge in [0.25, 0.3) is 0 Å². The second kappa shape index (κ2) is 10.4. The maximum atomic E-state index is 12.7. The lowest BCUT2D eigenvalue weighted by molar-refractivity contribution is -0.149. The lowest BCUT2D eigenvalue weighted by Crippen LogP contribution is -2.34. The first-order valence-electron chi connectivity index (χ1n) is 9.70. The van der Waals surface area contributed by atoms with E-state index in [0.29, 0.717) is 18.4 Å². The maximum Gasteiger partial charge on any atom is 0.337 e. The molecule has 0 aromatic rings. The Morgan fingerprint density at radius 1 is 1.37 bits per heavy atom. The van der Waals surface area contributed by atoms with Crippen molar-refractivity contribution >= 4 is 17.9 Å². The van der Waals surface area contributed by atoms with E-state index in [2.05, 4.69) is 6.58 Å². The molecular weight excluding hydrogens is 392 g/mol. The van der Waals surface area contributed by atoms with Gasteiger partial charge in [0.15, 0.2) is 0 Å². The summed E-state index contributed by atoms with van der Waals surface area (Å²) < 4.78 is 16.0. The number of fused-ring (bicyclic) bond motifs is 1. The van der Waals surface area contributed by atoms with Gasteiger partial charge in [-0.05, 0) is 38.0 Å². The third-order valence-electron chi connectivity index (χ3n) is 5.12. The topological polar surface area (TPSA) is 119 Å². The molecular formula is C22H28O8. The predicted octanol–water partition coefficient (Wildman–Crippen LogP) is 1.53. The van der Waals surface area contributed by atoms with Crippen LogP contribution in [-0.2, 0) is 28.6 Å². The van der Waals surface area contributed by atoms with Crippen LogP contribution in [0.1, 0.15) is 33.6 Å². The van der Waals surface area contributed by atoms with Crippen molar-refractivity contribution in [2.45, 2.75) is 51.9 Å². The Morgan fingerprint density at radius 3 is 2.70 bits per heavy atom. The SMILES string of the molecule is C=C1C(=O)O[C@@H]2/C=C(\C)C(O)C/C=C(\C)C[C@@H](OC(=O)/C(=C/CO)COC(C)=O)[C@@H]12. The fourth-order valence-corrected chi connectivity index (χ4v) is 3.40. The van der Waals surface area contributed by atoms with Crippen LogP contribution in [0.5, 0.6) is 0 Å². The molecule has 1 heterocycles. The summed E-state index contributed by atoms with van der Waals surface area (Å²) in [7, 11) is 0. The zero-order chi connectivity index (χ0) is 22.4. The number of aliphatic hydroxyl groups excluding tert-OH is 2. The molecule has 8 nitrogen and oxygen atoms in total. The summed E-state index contributed by atoms with van der Waals surface area (Å²) in [6.45, 7) is 7.82. The van der Waals surface area contributed by atoms with Crippen LogP contribution in [0.25, 0.3) is 0 Å². The van der Waals surface area contributed by atoms with E-state index < -0.39 is 48.7 Å². The fraction of sp³-hybridized carbons (Fsp3) is 0.500. The molecule has 0 aromatic heterocycles. The zero-order valence-corrected chi connectivity index (χ0v) is 17.4. The molecule has 1 aliphatic carbocycles. The fourth-order valence-electron chi connectivity index (χ4n) is 3.40. The summed E-state index contributed by atoms with van der Waals surface area (Å²) in [5.74, 6) is -2.58. The van der Waals surface area contributed by atoms with E-state index in [4.69, 9.17) is 14.2 Å². The third-order valence-corrected chi connectivity index (χ3v) is 5.12. The minimum absolute atomic E-state index is 0.0130. The highest BCUT2D eigenvalue weighted by Crippen LogP contribution is 2.36. The molecule has 0 bridgehead atoms. The standard InChI is InChI=1S/C22H28O8/c1-12-5-6-17(25)13(2)10-19-20(14(3)21(26)29-19)18(9-12)30-22(27)16(7-8-23)11-28-15(4)24/h5,7,10,17-20,23,25H,3,6,8-9,11H2,1-2,4H3/b12-5+,13-10+,16-7+/t17?,18-,19-,20-/m1/s1. The van der Waals surface area contributed by atoms with Gasteiger partial charge in [0.1, 0.15) is 18.8 Å². The summed E-state index contributed by atoms with van der Waals surface area (Å²) in [6.07, 6.45) is 3.16. The normalized spacial score (nSPS) is 30.9. The molecule has 2 aliphatic rings. The van der Waals surface area contributed by atoms with Crippen molar-refractivity contribution in [2.75, 3.05) is 13.2 Å². The third kappa shape index (κ3) is 5.90. The number of aliphatic hydroxyl groups is 2. The molecule has 0 spiro atoms. The van der Waals surface area contributed by atoms with Gasteiger partial charge in [0.05, 0.1) is 24.2 Å². The van der Waals surface area contributed by atoms with Crippen LogP contribution in [0.15, 0.2) is 47.1 Å². The van der Waals surface area contributed by atoms with Crippen LogP contribution >= 0.6 is 0 Å². The summed E-state index contributed by atoms with van der Waals surface area (Å²) >= 11 is 0.